The van der Waals surface area contributed by atoms with Crippen LogP contribution in [0.15, 0.2) is 18.2 Å². The Morgan fingerprint density at radius 2 is 2.12 bits per heavy atom. The summed E-state index contributed by atoms with van der Waals surface area (Å²) >= 11 is 0. The summed E-state index contributed by atoms with van der Waals surface area (Å²) in [4.78, 5) is 0. The number of rotatable bonds is 6. The molecule has 1 atom stereocenters. The molecule has 16 heavy (non-hydrogen) atoms. The van der Waals surface area contributed by atoms with Gasteiger partial charge in [0.15, 0.2) is 0 Å². The lowest BCUT2D eigenvalue weighted by Crippen LogP contribution is -2.29. The smallest absolute Gasteiger partial charge is 0.122 e. The second-order valence-electron chi connectivity index (χ2n) is 3.81. The number of benzene rings is 1. The summed E-state index contributed by atoms with van der Waals surface area (Å²) < 4.78 is 10.9. The Bertz CT molecular complexity index is 322. The van der Waals surface area contributed by atoms with Gasteiger partial charge in [0.25, 0.3) is 0 Å². The van der Waals surface area contributed by atoms with Crippen molar-refractivity contribution in [3.05, 3.63) is 29.3 Å². The summed E-state index contributed by atoms with van der Waals surface area (Å²) in [5.41, 5.74) is 8.07. The maximum Gasteiger partial charge on any atom is 0.122 e. The fourth-order valence-corrected chi connectivity index (χ4v) is 1.68. The van der Waals surface area contributed by atoms with E-state index in [1.165, 1.54) is 11.1 Å². The Balaban J connectivity index is 2.69. The van der Waals surface area contributed by atoms with Gasteiger partial charge < -0.3 is 15.2 Å². The van der Waals surface area contributed by atoms with Gasteiger partial charge >= 0.3 is 0 Å². The van der Waals surface area contributed by atoms with E-state index in [2.05, 4.69) is 19.9 Å². The molecule has 0 bridgehead atoms. The van der Waals surface area contributed by atoms with Crippen molar-refractivity contribution in [1.29, 1.82) is 0 Å². The van der Waals surface area contributed by atoms with Gasteiger partial charge in [0.2, 0.25) is 0 Å². The largest absolute Gasteiger partial charge is 0.491 e. The van der Waals surface area contributed by atoms with Gasteiger partial charge in [-0.25, -0.2) is 0 Å². The number of ether oxygens (including phenoxy) is 2. The molecule has 1 unspecified atom stereocenters. The summed E-state index contributed by atoms with van der Waals surface area (Å²) in [5.74, 6) is 0.943. The topological polar surface area (TPSA) is 44.5 Å². The lowest BCUT2D eigenvalue weighted by molar-refractivity contribution is 0.0640. The molecule has 0 heterocycles. The molecule has 3 nitrogen and oxygen atoms in total. The molecule has 0 aliphatic heterocycles. The average Bonchev–Trinajstić information content (AvgIpc) is 2.30. The Hall–Kier alpha value is -1.06. The molecule has 0 saturated heterocycles. The third-order valence-corrected chi connectivity index (χ3v) is 2.74. The molecule has 3 heteroatoms. The minimum atomic E-state index is -0.0368. The van der Waals surface area contributed by atoms with Crippen LogP contribution in [0.5, 0.6) is 5.75 Å². The van der Waals surface area contributed by atoms with Crippen molar-refractivity contribution in [3.8, 4) is 5.75 Å². The summed E-state index contributed by atoms with van der Waals surface area (Å²) in [6.45, 7) is 5.21. The number of hydrogen-bond acceptors (Lipinski definition) is 3. The normalized spacial score (nSPS) is 12.5. The summed E-state index contributed by atoms with van der Waals surface area (Å²) in [6.07, 6.45) is 0.938. The molecule has 1 rings (SSSR count). The monoisotopic (exact) mass is 223 g/mol. The molecule has 0 aliphatic rings. The van der Waals surface area contributed by atoms with Gasteiger partial charge in [0, 0.05) is 13.7 Å². The Morgan fingerprint density at radius 1 is 1.38 bits per heavy atom. The van der Waals surface area contributed by atoms with Crippen LogP contribution >= 0.6 is 0 Å². The minimum Gasteiger partial charge on any atom is -0.491 e. The van der Waals surface area contributed by atoms with Crippen LogP contribution in [0.1, 0.15) is 18.1 Å². The van der Waals surface area contributed by atoms with Crippen LogP contribution in [-0.4, -0.2) is 26.4 Å². The highest BCUT2D eigenvalue weighted by Gasteiger charge is 2.08. The summed E-state index contributed by atoms with van der Waals surface area (Å²) in [7, 11) is 1.65. The van der Waals surface area contributed by atoms with Crippen molar-refractivity contribution in [1.82, 2.24) is 0 Å². The highest BCUT2D eigenvalue weighted by atomic mass is 16.5. The van der Waals surface area contributed by atoms with Crippen molar-refractivity contribution in [2.24, 2.45) is 5.73 Å². The molecule has 2 N–H and O–H groups in total. The standard InChI is InChI=1S/C13H21NO2/c1-4-12-10(2)6-5-7-13(12)16-9-11(8-14)15-3/h5-7,11H,4,8-9,14H2,1-3H3. The molecular weight excluding hydrogens is 202 g/mol. The molecule has 0 aromatic heterocycles. The van der Waals surface area contributed by atoms with E-state index >= 15 is 0 Å². The molecular formula is C13H21NO2. The van der Waals surface area contributed by atoms with Crippen molar-refractivity contribution in [2.75, 3.05) is 20.3 Å². The van der Waals surface area contributed by atoms with Crippen molar-refractivity contribution < 1.29 is 9.47 Å². The van der Waals surface area contributed by atoms with Crippen molar-refractivity contribution in [3.63, 3.8) is 0 Å². The van der Waals surface area contributed by atoms with Crippen LogP contribution in [-0.2, 0) is 11.2 Å². The first-order valence-corrected chi connectivity index (χ1v) is 5.67. The third-order valence-electron chi connectivity index (χ3n) is 2.74. The molecule has 0 amide bonds. The lowest BCUT2D eigenvalue weighted by atomic mass is 10.1. The van der Waals surface area contributed by atoms with E-state index in [-0.39, 0.29) is 6.10 Å². The van der Waals surface area contributed by atoms with Crippen LogP contribution in [0.25, 0.3) is 0 Å². The van der Waals surface area contributed by atoms with E-state index in [0.717, 1.165) is 12.2 Å². The first-order valence-electron chi connectivity index (χ1n) is 5.67. The fourth-order valence-electron chi connectivity index (χ4n) is 1.68. The molecule has 1 aromatic carbocycles. The highest BCUT2D eigenvalue weighted by Crippen LogP contribution is 2.22. The lowest BCUT2D eigenvalue weighted by Gasteiger charge is -2.17. The van der Waals surface area contributed by atoms with E-state index in [1.807, 2.05) is 12.1 Å². The van der Waals surface area contributed by atoms with Crippen LogP contribution in [0.3, 0.4) is 0 Å². The SMILES string of the molecule is CCc1c(C)cccc1OCC(CN)OC. The number of methoxy groups -OCH3 is 1. The number of aryl methyl sites for hydroxylation is 1. The molecule has 0 saturated carbocycles. The van der Waals surface area contributed by atoms with Gasteiger partial charge in [-0.15, -0.1) is 0 Å². The average molecular weight is 223 g/mol. The van der Waals surface area contributed by atoms with E-state index in [0.29, 0.717) is 13.2 Å². The van der Waals surface area contributed by atoms with Gasteiger partial charge in [0.05, 0.1) is 0 Å². The Labute approximate surface area is 97.6 Å². The first kappa shape index (κ1) is 13.0. The molecule has 90 valence electrons. The van der Waals surface area contributed by atoms with Gasteiger partial charge in [0.1, 0.15) is 18.5 Å². The van der Waals surface area contributed by atoms with Gasteiger partial charge in [-0.3, -0.25) is 0 Å². The Kier molecular flexibility index (Phi) is 5.29. The van der Waals surface area contributed by atoms with Crippen LogP contribution < -0.4 is 10.5 Å². The summed E-state index contributed by atoms with van der Waals surface area (Å²) in [5, 5.41) is 0. The third kappa shape index (κ3) is 3.22. The van der Waals surface area contributed by atoms with Crippen molar-refractivity contribution in [2.45, 2.75) is 26.4 Å². The maximum absolute atomic E-state index is 5.75. The van der Waals surface area contributed by atoms with E-state index in [4.69, 9.17) is 15.2 Å². The van der Waals surface area contributed by atoms with E-state index < -0.39 is 0 Å². The minimum absolute atomic E-state index is 0.0368. The molecule has 0 radical (unpaired) electrons. The van der Waals surface area contributed by atoms with Crippen LogP contribution in [0, 0.1) is 6.92 Å². The zero-order valence-electron chi connectivity index (χ0n) is 10.3. The quantitative estimate of drug-likeness (QED) is 0.801. The predicted octanol–water partition coefficient (Wildman–Crippen LogP) is 1.91. The van der Waals surface area contributed by atoms with Gasteiger partial charge in [-0.2, -0.15) is 0 Å². The predicted molar refractivity (Wildman–Crippen MR) is 65.9 cm³/mol. The zero-order chi connectivity index (χ0) is 12.0. The number of hydrogen-bond donors (Lipinski definition) is 1. The summed E-state index contributed by atoms with van der Waals surface area (Å²) in [6, 6.07) is 6.10. The van der Waals surface area contributed by atoms with E-state index in [1.54, 1.807) is 7.11 Å². The molecule has 0 spiro atoms. The first-order chi connectivity index (χ1) is 7.72. The highest BCUT2D eigenvalue weighted by molar-refractivity contribution is 5.39. The number of nitrogens with two attached hydrogens (primary N) is 1. The van der Waals surface area contributed by atoms with Gasteiger partial charge in [-0.05, 0) is 30.5 Å². The molecule has 0 fully saturated rings. The zero-order valence-corrected chi connectivity index (χ0v) is 10.3. The molecule has 0 aliphatic carbocycles. The second kappa shape index (κ2) is 6.51. The van der Waals surface area contributed by atoms with Crippen LogP contribution in [0.2, 0.25) is 0 Å². The Morgan fingerprint density at radius 3 is 2.69 bits per heavy atom. The fraction of sp³-hybridized carbons (Fsp3) is 0.538. The molecule has 1 aromatic rings. The van der Waals surface area contributed by atoms with E-state index in [9.17, 15) is 0 Å². The van der Waals surface area contributed by atoms with Gasteiger partial charge in [-0.1, -0.05) is 19.1 Å². The maximum atomic E-state index is 5.75. The van der Waals surface area contributed by atoms with Crippen LogP contribution in [0.4, 0.5) is 0 Å². The second-order valence-corrected chi connectivity index (χ2v) is 3.81. The van der Waals surface area contributed by atoms with Crippen molar-refractivity contribution >= 4 is 0 Å².